The van der Waals surface area contributed by atoms with Crippen LogP contribution in [-0.2, 0) is 19.5 Å². The van der Waals surface area contributed by atoms with Crippen LogP contribution in [-0.4, -0.2) is 11.5 Å². The zero-order chi connectivity index (χ0) is 13.1. The third kappa shape index (κ3) is 2.96. The van der Waals surface area contributed by atoms with Crippen molar-refractivity contribution in [1.29, 1.82) is 0 Å². The van der Waals surface area contributed by atoms with Crippen LogP contribution in [0, 0.1) is 6.92 Å². The second-order valence-corrected chi connectivity index (χ2v) is 6.26. The Morgan fingerprint density at radius 2 is 2.32 bits per heavy atom. The first-order chi connectivity index (χ1) is 9.33. The van der Waals surface area contributed by atoms with Gasteiger partial charge in [0.25, 0.3) is 0 Å². The Labute approximate surface area is 118 Å². The molecule has 0 aliphatic carbocycles. The molecule has 1 aromatic heterocycles. The molecule has 4 heteroatoms. The van der Waals surface area contributed by atoms with Crippen molar-refractivity contribution in [1.82, 2.24) is 10.3 Å². The summed E-state index contributed by atoms with van der Waals surface area (Å²) >= 11 is 1.77. The van der Waals surface area contributed by atoms with Crippen LogP contribution in [0.25, 0.3) is 0 Å². The second kappa shape index (κ2) is 5.72. The highest BCUT2D eigenvalue weighted by Gasteiger charge is 2.11. The molecule has 0 amide bonds. The van der Waals surface area contributed by atoms with Gasteiger partial charge in [0.15, 0.2) is 0 Å². The highest BCUT2D eigenvalue weighted by atomic mass is 32.1. The summed E-state index contributed by atoms with van der Waals surface area (Å²) in [4.78, 5) is 5.65. The maximum atomic E-state index is 4.38. The summed E-state index contributed by atoms with van der Waals surface area (Å²) in [6, 6.07) is 6.55. The van der Waals surface area contributed by atoms with Gasteiger partial charge in [0.05, 0.1) is 0 Å². The van der Waals surface area contributed by atoms with E-state index < -0.39 is 0 Å². The molecule has 0 bridgehead atoms. The third-order valence-electron chi connectivity index (χ3n) is 3.45. The number of rotatable bonds is 4. The molecule has 0 fully saturated rings. The maximum Gasteiger partial charge on any atom is 0.107 e. The predicted octanol–water partition coefficient (Wildman–Crippen LogP) is 3.10. The van der Waals surface area contributed by atoms with Crippen molar-refractivity contribution in [3.05, 3.63) is 45.4 Å². The van der Waals surface area contributed by atoms with E-state index in [4.69, 9.17) is 0 Å². The standard InChI is InChI=1S/C15H19N3S/c1-11-8-18-15(19-11)10-16-9-12-4-2-6-14-13(12)5-3-7-17-14/h2,4,6,8,16-17H,3,5,7,9-10H2,1H3. The van der Waals surface area contributed by atoms with Gasteiger partial charge in [0, 0.05) is 36.4 Å². The van der Waals surface area contributed by atoms with Crippen molar-refractivity contribution in [2.24, 2.45) is 0 Å². The zero-order valence-electron chi connectivity index (χ0n) is 11.2. The molecule has 0 atom stereocenters. The van der Waals surface area contributed by atoms with Crippen LogP contribution < -0.4 is 10.6 Å². The van der Waals surface area contributed by atoms with Gasteiger partial charge in [0.1, 0.15) is 5.01 Å². The van der Waals surface area contributed by atoms with Gasteiger partial charge in [-0.05, 0) is 37.0 Å². The van der Waals surface area contributed by atoms with Crippen LogP contribution in [0.2, 0.25) is 0 Å². The van der Waals surface area contributed by atoms with Crippen LogP contribution in [0.1, 0.15) is 27.4 Å². The number of nitrogens with zero attached hydrogens (tertiary/aromatic N) is 1. The molecule has 19 heavy (non-hydrogen) atoms. The summed E-state index contributed by atoms with van der Waals surface area (Å²) in [5.41, 5.74) is 4.21. The quantitative estimate of drug-likeness (QED) is 0.899. The maximum absolute atomic E-state index is 4.38. The number of hydrogen-bond acceptors (Lipinski definition) is 4. The lowest BCUT2D eigenvalue weighted by Crippen LogP contribution is -2.18. The zero-order valence-corrected chi connectivity index (χ0v) is 12.0. The van der Waals surface area contributed by atoms with Crippen molar-refractivity contribution < 1.29 is 0 Å². The molecule has 3 nitrogen and oxygen atoms in total. The number of aryl methyl sites for hydroxylation is 1. The summed E-state index contributed by atoms with van der Waals surface area (Å²) in [6.07, 6.45) is 4.36. The van der Waals surface area contributed by atoms with Gasteiger partial charge in [-0.2, -0.15) is 0 Å². The molecule has 2 aromatic rings. The monoisotopic (exact) mass is 273 g/mol. The molecular weight excluding hydrogens is 254 g/mol. The summed E-state index contributed by atoms with van der Waals surface area (Å²) < 4.78 is 0. The van der Waals surface area contributed by atoms with Crippen LogP contribution in [0.15, 0.2) is 24.4 Å². The number of thiazole rings is 1. The molecule has 0 spiro atoms. The largest absolute Gasteiger partial charge is 0.385 e. The molecule has 1 aromatic carbocycles. The van der Waals surface area contributed by atoms with E-state index in [-0.39, 0.29) is 0 Å². The molecule has 0 radical (unpaired) electrons. The summed E-state index contributed by atoms with van der Waals surface area (Å²) in [5.74, 6) is 0. The summed E-state index contributed by atoms with van der Waals surface area (Å²) in [6.45, 7) is 4.97. The van der Waals surface area contributed by atoms with Crippen molar-refractivity contribution in [3.8, 4) is 0 Å². The average molecular weight is 273 g/mol. The molecule has 2 N–H and O–H groups in total. The fourth-order valence-corrected chi connectivity index (χ4v) is 3.29. The van der Waals surface area contributed by atoms with Gasteiger partial charge in [0.2, 0.25) is 0 Å². The van der Waals surface area contributed by atoms with E-state index in [1.807, 2.05) is 6.20 Å². The number of anilines is 1. The molecule has 1 aliphatic heterocycles. The van der Waals surface area contributed by atoms with E-state index in [0.717, 1.165) is 19.6 Å². The molecule has 3 rings (SSSR count). The average Bonchev–Trinajstić information content (AvgIpc) is 2.85. The highest BCUT2D eigenvalue weighted by Crippen LogP contribution is 2.25. The highest BCUT2D eigenvalue weighted by molar-refractivity contribution is 7.11. The molecular formula is C15H19N3S. The fourth-order valence-electron chi connectivity index (χ4n) is 2.54. The minimum atomic E-state index is 0.857. The predicted molar refractivity (Wildman–Crippen MR) is 80.6 cm³/mol. The van der Waals surface area contributed by atoms with Crippen molar-refractivity contribution in [2.75, 3.05) is 11.9 Å². The van der Waals surface area contributed by atoms with E-state index in [9.17, 15) is 0 Å². The van der Waals surface area contributed by atoms with Crippen molar-refractivity contribution in [3.63, 3.8) is 0 Å². The number of hydrogen-bond donors (Lipinski definition) is 2. The number of fused-ring (bicyclic) bond motifs is 1. The number of benzene rings is 1. The van der Waals surface area contributed by atoms with E-state index >= 15 is 0 Å². The smallest absolute Gasteiger partial charge is 0.107 e. The molecule has 0 unspecified atom stereocenters. The van der Waals surface area contributed by atoms with Gasteiger partial charge in [-0.3, -0.25) is 0 Å². The van der Waals surface area contributed by atoms with Gasteiger partial charge >= 0.3 is 0 Å². The SMILES string of the molecule is Cc1cnc(CNCc2cccc3c2CCCN3)s1. The van der Waals surface area contributed by atoms with Crippen molar-refractivity contribution >= 4 is 17.0 Å². The topological polar surface area (TPSA) is 37.0 Å². The van der Waals surface area contributed by atoms with Gasteiger partial charge in [-0.25, -0.2) is 4.98 Å². The fraction of sp³-hybridized carbons (Fsp3) is 0.400. The number of nitrogens with one attached hydrogen (secondary N) is 2. The first kappa shape index (κ1) is 12.6. The lowest BCUT2D eigenvalue weighted by molar-refractivity contribution is 0.679. The van der Waals surface area contributed by atoms with Gasteiger partial charge in [-0.1, -0.05) is 12.1 Å². The Morgan fingerprint density at radius 3 is 3.16 bits per heavy atom. The van der Waals surface area contributed by atoms with E-state index in [0.29, 0.717) is 0 Å². The Morgan fingerprint density at radius 1 is 1.37 bits per heavy atom. The Balaban J connectivity index is 1.64. The Bertz CT molecular complexity index is 562. The summed E-state index contributed by atoms with van der Waals surface area (Å²) in [7, 11) is 0. The van der Waals surface area contributed by atoms with Crippen LogP contribution in [0.3, 0.4) is 0 Å². The Hall–Kier alpha value is -1.39. The van der Waals surface area contributed by atoms with Crippen LogP contribution >= 0.6 is 11.3 Å². The Kier molecular flexibility index (Phi) is 3.80. The number of aromatic nitrogens is 1. The molecule has 0 saturated heterocycles. The third-order valence-corrected chi connectivity index (χ3v) is 4.37. The lowest BCUT2D eigenvalue weighted by Gasteiger charge is -2.21. The van der Waals surface area contributed by atoms with Crippen LogP contribution in [0.4, 0.5) is 5.69 Å². The first-order valence-electron chi connectivity index (χ1n) is 6.79. The molecule has 2 heterocycles. The van der Waals surface area contributed by atoms with Gasteiger partial charge in [-0.15, -0.1) is 11.3 Å². The first-order valence-corrected chi connectivity index (χ1v) is 7.61. The van der Waals surface area contributed by atoms with Crippen LogP contribution in [0.5, 0.6) is 0 Å². The van der Waals surface area contributed by atoms with Gasteiger partial charge < -0.3 is 10.6 Å². The lowest BCUT2D eigenvalue weighted by atomic mass is 9.97. The minimum Gasteiger partial charge on any atom is -0.385 e. The molecule has 0 saturated carbocycles. The van der Waals surface area contributed by atoms with Crippen molar-refractivity contribution in [2.45, 2.75) is 32.9 Å². The minimum absolute atomic E-state index is 0.857. The molecule has 100 valence electrons. The summed E-state index contributed by atoms with van der Waals surface area (Å²) in [5, 5.41) is 8.15. The normalized spacial score (nSPS) is 13.9. The van der Waals surface area contributed by atoms with E-state index in [1.54, 1.807) is 11.3 Å². The van der Waals surface area contributed by atoms with E-state index in [2.05, 4.69) is 40.7 Å². The van der Waals surface area contributed by atoms with E-state index in [1.165, 1.54) is 39.5 Å². The second-order valence-electron chi connectivity index (χ2n) is 4.94. The molecule has 1 aliphatic rings.